The molecule has 5 heteroatoms. The van der Waals surface area contributed by atoms with Crippen molar-refractivity contribution in [2.75, 3.05) is 13.1 Å². The van der Waals surface area contributed by atoms with Gasteiger partial charge in [-0.1, -0.05) is 6.92 Å². The zero-order valence-corrected chi connectivity index (χ0v) is 10.7. The number of nitrogens with two attached hydrogens (primary N) is 1. The van der Waals surface area contributed by atoms with Gasteiger partial charge in [-0.05, 0) is 32.7 Å². The molecule has 0 aromatic carbocycles. The fourth-order valence-electron chi connectivity index (χ4n) is 2.25. The van der Waals surface area contributed by atoms with Crippen molar-refractivity contribution >= 4 is 11.8 Å². The quantitative estimate of drug-likeness (QED) is 0.699. The Labute approximate surface area is 103 Å². The predicted octanol–water partition coefficient (Wildman–Crippen LogP) is 0.241. The van der Waals surface area contributed by atoms with Crippen LogP contribution in [-0.4, -0.2) is 41.9 Å². The molecule has 1 fully saturated rings. The third kappa shape index (κ3) is 4.00. The van der Waals surface area contributed by atoms with Crippen molar-refractivity contribution < 1.29 is 9.59 Å². The van der Waals surface area contributed by atoms with Gasteiger partial charge in [0.2, 0.25) is 11.8 Å². The summed E-state index contributed by atoms with van der Waals surface area (Å²) in [6, 6.07) is -0.176. The minimum atomic E-state index is -0.353. The molecule has 1 aliphatic heterocycles. The van der Waals surface area contributed by atoms with Gasteiger partial charge in [-0.15, -0.1) is 0 Å². The standard InChI is InChI=1S/C12H23N3O2/c1-3-6-14-10-5-4-7-15(12(10)17)9(2)8-11(13)16/h9-10,14H,3-8H2,1-2H3,(H2,13,16). The first kappa shape index (κ1) is 14.0. The summed E-state index contributed by atoms with van der Waals surface area (Å²) in [5, 5.41) is 3.25. The molecule has 0 saturated carbocycles. The Kier molecular flexibility index (Phi) is 5.41. The van der Waals surface area contributed by atoms with Crippen LogP contribution in [0.15, 0.2) is 0 Å². The van der Waals surface area contributed by atoms with Gasteiger partial charge in [0, 0.05) is 19.0 Å². The molecular weight excluding hydrogens is 218 g/mol. The van der Waals surface area contributed by atoms with Gasteiger partial charge in [0.15, 0.2) is 0 Å². The van der Waals surface area contributed by atoms with E-state index < -0.39 is 0 Å². The second kappa shape index (κ2) is 6.59. The summed E-state index contributed by atoms with van der Waals surface area (Å²) in [5.74, 6) is -0.243. The highest BCUT2D eigenvalue weighted by atomic mass is 16.2. The van der Waals surface area contributed by atoms with Crippen molar-refractivity contribution in [3.8, 4) is 0 Å². The van der Waals surface area contributed by atoms with Crippen molar-refractivity contribution in [1.29, 1.82) is 0 Å². The highest BCUT2D eigenvalue weighted by Gasteiger charge is 2.31. The normalized spacial score (nSPS) is 22.6. The van der Waals surface area contributed by atoms with E-state index in [0.717, 1.165) is 32.4 Å². The summed E-state index contributed by atoms with van der Waals surface area (Å²) in [5.41, 5.74) is 5.17. The number of primary amides is 1. The van der Waals surface area contributed by atoms with Crippen LogP contribution < -0.4 is 11.1 Å². The Morgan fingerprint density at radius 2 is 2.35 bits per heavy atom. The molecule has 2 atom stereocenters. The van der Waals surface area contributed by atoms with Crippen LogP contribution in [0.5, 0.6) is 0 Å². The third-order valence-electron chi connectivity index (χ3n) is 3.14. The molecule has 0 bridgehead atoms. The first-order valence-electron chi connectivity index (χ1n) is 6.38. The van der Waals surface area contributed by atoms with E-state index in [-0.39, 0.29) is 30.3 Å². The predicted molar refractivity (Wildman–Crippen MR) is 66.3 cm³/mol. The second-order valence-corrected chi connectivity index (χ2v) is 4.70. The molecule has 17 heavy (non-hydrogen) atoms. The van der Waals surface area contributed by atoms with Crippen molar-refractivity contribution in [1.82, 2.24) is 10.2 Å². The minimum absolute atomic E-state index is 0.0842. The van der Waals surface area contributed by atoms with Gasteiger partial charge in [-0.25, -0.2) is 0 Å². The van der Waals surface area contributed by atoms with Gasteiger partial charge in [-0.2, -0.15) is 0 Å². The molecular formula is C12H23N3O2. The maximum atomic E-state index is 12.2. The molecule has 0 spiro atoms. The van der Waals surface area contributed by atoms with Crippen molar-refractivity contribution in [3.05, 3.63) is 0 Å². The summed E-state index contributed by atoms with van der Waals surface area (Å²) in [4.78, 5) is 24.8. The van der Waals surface area contributed by atoms with E-state index in [4.69, 9.17) is 5.73 Å². The van der Waals surface area contributed by atoms with E-state index >= 15 is 0 Å². The van der Waals surface area contributed by atoms with Gasteiger partial charge in [-0.3, -0.25) is 9.59 Å². The highest BCUT2D eigenvalue weighted by Crippen LogP contribution is 2.16. The van der Waals surface area contributed by atoms with Crippen LogP contribution in [0.4, 0.5) is 0 Å². The molecule has 1 rings (SSSR count). The van der Waals surface area contributed by atoms with E-state index in [0.29, 0.717) is 0 Å². The fourth-order valence-corrected chi connectivity index (χ4v) is 2.25. The number of carbonyl (C=O) groups is 2. The van der Waals surface area contributed by atoms with E-state index in [1.807, 2.05) is 6.92 Å². The first-order valence-corrected chi connectivity index (χ1v) is 6.38. The molecule has 1 aliphatic rings. The molecule has 1 heterocycles. The van der Waals surface area contributed by atoms with E-state index in [9.17, 15) is 9.59 Å². The second-order valence-electron chi connectivity index (χ2n) is 4.70. The summed E-state index contributed by atoms with van der Waals surface area (Å²) in [7, 11) is 0. The maximum Gasteiger partial charge on any atom is 0.239 e. The average molecular weight is 241 g/mol. The van der Waals surface area contributed by atoms with Gasteiger partial charge in [0.25, 0.3) is 0 Å². The first-order chi connectivity index (χ1) is 8.06. The van der Waals surface area contributed by atoms with E-state index in [1.165, 1.54) is 0 Å². The number of hydrogen-bond acceptors (Lipinski definition) is 3. The molecule has 0 aliphatic carbocycles. The summed E-state index contributed by atoms with van der Waals surface area (Å²) in [6.45, 7) is 5.55. The van der Waals surface area contributed by atoms with Crippen LogP contribution in [0.2, 0.25) is 0 Å². The smallest absolute Gasteiger partial charge is 0.239 e. The molecule has 0 aromatic rings. The SMILES string of the molecule is CCCNC1CCCN(C(C)CC(N)=O)C1=O. The van der Waals surface area contributed by atoms with Crippen LogP contribution in [0.1, 0.15) is 39.5 Å². The summed E-state index contributed by atoms with van der Waals surface area (Å²) < 4.78 is 0. The van der Waals surface area contributed by atoms with E-state index in [1.54, 1.807) is 4.90 Å². The summed E-state index contributed by atoms with van der Waals surface area (Å²) in [6.07, 6.45) is 3.13. The third-order valence-corrected chi connectivity index (χ3v) is 3.14. The lowest BCUT2D eigenvalue weighted by Crippen LogP contribution is -2.54. The zero-order valence-electron chi connectivity index (χ0n) is 10.7. The number of likely N-dealkylation sites (tertiary alicyclic amines) is 1. The topological polar surface area (TPSA) is 75.4 Å². The van der Waals surface area contributed by atoms with Crippen LogP contribution in [-0.2, 0) is 9.59 Å². The van der Waals surface area contributed by atoms with Crippen molar-refractivity contribution in [3.63, 3.8) is 0 Å². The number of nitrogens with zero attached hydrogens (tertiary/aromatic N) is 1. The Hall–Kier alpha value is -1.10. The van der Waals surface area contributed by atoms with Crippen molar-refractivity contribution in [2.24, 2.45) is 5.73 Å². The number of nitrogens with one attached hydrogen (secondary N) is 1. The number of hydrogen-bond donors (Lipinski definition) is 2. The molecule has 3 N–H and O–H groups in total. The molecule has 1 saturated heterocycles. The molecule has 2 unspecified atom stereocenters. The lowest BCUT2D eigenvalue weighted by molar-refractivity contribution is -0.138. The average Bonchev–Trinajstić information content (AvgIpc) is 2.26. The lowest BCUT2D eigenvalue weighted by Gasteiger charge is -2.36. The Morgan fingerprint density at radius 1 is 1.65 bits per heavy atom. The number of piperidine rings is 1. The zero-order chi connectivity index (χ0) is 12.8. The van der Waals surface area contributed by atoms with Crippen LogP contribution in [0.25, 0.3) is 0 Å². The monoisotopic (exact) mass is 241 g/mol. The minimum Gasteiger partial charge on any atom is -0.370 e. The Morgan fingerprint density at radius 3 is 2.94 bits per heavy atom. The molecule has 0 aromatic heterocycles. The molecule has 0 radical (unpaired) electrons. The van der Waals surface area contributed by atoms with Crippen LogP contribution in [0, 0.1) is 0 Å². The largest absolute Gasteiger partial charge is 0.370 e. The van der Waals surface area contributed by atoms with Crippen LogP contribution >= 0.6 is 0 Å². The Balaban J connectivity index is 2.54. The van der Waals surface area contributed by atoms with Crippen molar-refractivity contribution in [2.45, 2.75) is 51.6 Å². The number of carbonyl (C=O) groups excluding carboxylic acids is 2. The molecule has 98 valence electrons. The maximum absolute atomic E-state index is 12.2. The van der Waals surface area contributed by atoms with Gasteiger partial charge < -0.3 is 16.0 Å². The summed E-state index contributed by atoms with van der Waals surface area (Å²) >= 11 is 0. The molecule has 2 amide bonds. The van der Waals surface area contributed by atoms with Gasteiger partial charge >= 0.3 is 0 Å². The van der Waals surface area contributed by atoms with Crippen LogP contribution in [0.3, 0.4) is 0 Å². The highest BCUT2D eigenvalue weighted by molar-refractivity contribution is 5.83. The van der Waals surface area contributed by atoms with Gasteiger partial charge in [0.1, 0.15) is 0 Å². The van der Waals surface area contributed by atoms with Gasteiger partial charge in [0.05, 0.1) is 6.04 Å². The fraction of sp³-hybridized carbons (Fsp3) is 0.833. The molecule has 5 nitrogen and oxygen atoms in total. The number of amides is 2. The lowest BCUT2D eigenvalue weighted by atomic mass is 10.0. The van der Waals surface area contributed by atoms with E-state index in [2.05, 4.69) is 12.2 Å². The Bertz CT molecular complexity index is 281. The number of rotatable bonds is 6.